The van der Waals surface area contributed by atoms with Crippen LogP contribution < -0.4 is 9.47 Å². The Balaban J connectivity index is 0.00000304. The summed E-state index contributed by atoms with van der Waals surface area (Å²) in [6, 6.07) is 13.7. The smallest absolute Gasteiger partial charge is 0.257 e. The zero-order valence-electron chi connectivity index (χ0n) is 45.2. The van der Waals surface area contributed by atoms with Crippen molar-refractivity contribution in [1.29, 1.82) is 0 Å². The molecule has 0 atom stereocenters. The Kier molecular flexibility index (Phi) is 43.9. The van der Waals surface area contributed by atoms with Gasteiger partial charge in [-0.15, -0.1) is 6.42 Å². The van der Waals surface area contributed by atoms with Gasteiger partial charge in [-0.05, 0) is 55.9 Å². The van der Waals surface area contributed by atoms with Crippen LogP contribution in [0.2, 0.25) is 0 Å². The van der Waals surface area contributed by atoms with Crippen LogP contribution in [0.25, 0.3) is 11.1 Å². The van der Waals surface area contributed by atoms with Gasteiger partial charge in [-0.25, -0.2) is 8.42 Å². The summed E-state index contributed by atoms with van der Waals surface area (Å²) in [5.74, 6) is 2.88. The van der Waals surface area contributed by atoms with Crippen molar-refractivity contribution in [2.75, 3.05) is 24.6 Å². The van der Waals surface area contributed by atoms with Gasteiger partial charge in [0.1, 0.15) is 6.54 Å². The molecule has 0 fully saturated rings. The molecular formula is C61H108N2O4S. The van der Waals surface area contributed by atoms with E-state index in [1.165, 1.54) is 294 Å². The molecule has 0 saturated heterocycles. The van der Waals surface area contributed by atoms with E-state index < -0.39 is 10.4 Å². The number of benzene rings is 1. The maximum Gasteiger partial charge on any atom is 0.257 e. The van der Waals surface area contributed by atoms with Crippen molar-refractivity contribution in [2.24, 2.45) is 0 Å². The van der Waals surface area contributed by atoms with E-state index in [-0.39, 0.29) is 6.61 Å². The maximum atomic E-state index is 9.45. The molecule has 392 valence electrons. The first-order valence-electron chi connectivity index (χ1n) is 29.2. The summed E-state index contributed by atoms with van der Waals surface area (Å²) in [6.07, 6.45) is 65.4. The first kappa shape index (κ1) is 63.6. The molecule has 0 saturated carbocycles. The Morgan fingerprint density at radius 2 is 0.779 bits per heavy atom. The molecule has 1 aromatic carbocycles. The van der Waals surface area contributed by atoms with Gasteiger partial charge in [0.15, 0.2) is 6.20 Å². The van der Waals surface area contributed by atoms with Crippen molar-refractivity contribution in [1.82, 2.24) is 0 Å². The summed E-state index contributed by atoms with van der Waals surface area (Å²) >= 11 is 0. The van der Waals surface area contributed by atoms with Crippen LogP contribution >= 0.6 is 0 Å². The summed E-state index contributed by atoms with van der Waals surface area (Å²) < 4.78 is 34.1. The lowest BCUT2D eigenvalue weighted by Crippen LogP contribution is -2.35. The average molecular weight is 966 g/mol. The van der Waals surface area contributed by atoms with Crippen LogP contribution in [-0.2, 0) is 21.1 Å². The second-order valence-electron chi connectivity index (χ2n) is 20.0. The molecule has 2 rings (SSSR count). The molecule has 0 unspecified atom stereocenters. The molecule has 68 heavy (non-hydrogen) atoms. The molecule has 1 heterocycles. The second-order valence-corrected chi connectivity index (χ2v) is 21.1. The number of hydrogen-bond acceptors (Lipinski definition) is 5. The van der Waals surface area contributed by atoms with Crippen LogP contribution in [0.4, 0.5) is 5.69 Å². The Hall–Kier alpha value is -2.40. The summed E-state index contributed by atoms with van der Waals surface area (Å²) in [5.41, 5.74) is 4.79. The van der Waals surface area contributed by atoms with Gasteiger partial charge in [0.05, 0.1) is 6.61 Å². The number of rotatable bonds is 47. The van der Waals surface area contributed by atoms with Gasteiger partial charge >= 0.3 is 0 Å². The summed E-state index contributed by atoms with van der Waals surface area (Å²) in [4.78, 5) is 2.69. The Morgan fingerprint density at radius 1 is 0.471 bits per heavy atom. The summed E-state index contributed by atoms with van der Waals surface area (Å²) in [7, 11) is -4.42. The third kappa shape index (κ3) is 38.4. The number of unbranched alkanes of at least 4 members (excludes halogenated alkanes) is 38. The lowest BCUT2D eigenvalue weighted by atomic mass is 10.0. The molecule has 6 nitrogen and oxygen atoms in total. The molecule has 7 heteroatoms. The molecular weight excluding hydrogens is 857 g/mol. The SMILES string of the molecule is C#Cc1cc(-c2ccc(N(CCCCCCCCCCCCCCCCCCCCCC)CCCCCCCCCCCCCCCCCCCCCC)cc2)cc[n+]1CC.CCOS(=O)(=O)[O-]. The van der Waals surface area contributed by atoms with Crippen molar-refractivity contribution in [3.63, 3.8) is 0 Å². The first-order valence-corrected chi connectivity index (χ1v) is 30.6. The quantitative estimate of drug-likeness (QED) is 0.0217. The van der Waals surface area contributed by atoms with Crippen molar-refractivity contribution in [3.05, 3.63) is 48.3 Å². The number of nitrogens with zero attached hydrogens (tertiary/aromatic N) is 2. The zero-order valence-corrected chi connectivity index (χ0v) is 46.0. The first-order chi connectivity index (χ1) is 33.3. The van der Waals surface area contributed by atoms with E-state index in [0.29, 0.717) is 0 Å². The molecule has 2 aromatic rings. The molecule has 0 bridgehead atoms. The van der Waals surface area contributed by atoms with Gasteiger partial charge in [0.2, 0.25) is 10.4 Å². The van der Waals surface area contributed by atoms with Gasteiger partial charge in [0, 0.05) is 30.9 Å². The Bertz CT molecular complexity index is 1490. The van der Waals surface area contributed by atoms with E-state index in [9.17, 15) is 13.0 Å². The van der Waals surface area contributed by atoms with Crippen LogP contribution in [-0.4, -0.2) is 32.7 Å². The molecule has 0 aliphatic carbocycles. The fourth-order valence-corrected chi connectivity index (χ4v) is 9.89. The van der Waals surface area contributed by atoms with Crippen LogP contribution in [0.3, 0.4) is 0 Å². The molecule has 0 aliphatic heterocycles. The van der Waals surface area contributed by atoms with Crippen LogP contribution in [0.5, 0.6) is 0 Å². The topological polar surface area (TPSA) is 73.5 Å². The van der Waals surface area contributed by atoms with Crippen molar-refractivity contribution < 1.29 is 21.7 Å². The third-order valence-corrected chi connectivity index (χ3v) is 14.4. The minimum Gasteiger partial charge on any atom is -0.726 e. The molecule has 0 spiro atoms. The molecule has 0 radical (unpaired) electrons. The number of terminal acetylenes is 1. The van der Waals surface area contributed by atoms with Crippen LogP contribution in [0.15, 0.2) is 42.6 Å². The fourth-order valence-electron chi connectivity index (χ4n) is 9.60. The van der Waals surface area contributed by atoms with Crippen LogP contribution in [0, 0.1) is 12.3 Å². The minimum atomic E-state index is -4.42. The molecule has 0 amide bonds. The highest BCUT2D eigenvalue weighted by Gasteiger charge is 2.11. The predicted octanol–water partition coefficient (Wildman–Crippen LogP) is 18.6. The van der Waals surface area contributed by atoms with Crippen molar-refractivity contribution in [3.8, 4) is 23.5 Å². The van der Waals surface area contributed by atoms with E-state index in [0.717, 1.165) is 12.2 Å². The number of anilines is 1. The maximum absolute atomic E-state index is 9.45. The highest BCUT2D eigenvalue weighted by molar-refractivity contribution is 7.80. The molecule has 0 N–H and O–H groups in total. The third-order valence-electron chi connectivity index (χ3n) is 13.9. The standard InChI is InChI=1S/C59H103N2.C2H6O4S/c1-5-9-11-13-15-17-19-21-23-25-27-29-31-33-35-37-39-41-43-45-52-61(59-49-47-56(48-50-59)57-51-54-60(8-4)58(7-3)55-57)53-46-44-42-40-38-36-34-32-30-28-26-24-22-20-18-16-14-12-10-6-2;1-2-6-7(3,4)5/h3,47-51,54-55H,5-6,8-46,52-53H2,1-2,4H3;2H2,1H3,(H,3,4,5)/q+1;/p-1. The molecule has 0 aliphatic rings. The molecule has 1 aromatic heterocycles. The number of aryl methyl sites for hydroxylation is 1. The minimum absolute atomic E-state index is 0.0914. The highest BCUT2D eigenvalue weighted by Crippen LogP contribution is 2.25. The van der Waals surface area contributed by atoms with Gasteiger partial charge < -0.3 is 9.45 Å². The van der Waals surface area contributed by atoms with Gasteiger partial charge in [-0.2, -0.15) is 4.57 Å². The number of aromatic nitrogens is 1. The van der Waals surface area contributed by atoms with Crippen LogP contribution in [0.1, 0.15) is 290 Å². The highest BCUT2D eigenvalue weighted by atomic mass is 32.3. The Morgan fingerprint density at radius 3 is 1.03 bits per heavy atom. The Labute approximate surface area is 423 Å². The van der Waals surface area contributed by atoms with Crippen molar-refractivity contribution in [2.45, 2.75) is 291 Å². The largest absolute Gasteiger partial charge is 0.726 e. The van der Waals surface area contributed by atoms with Gasteiger partial charge in [-0.1, -0.05) is 270 Å². The number of pyridine rings is 1. The predicted molar refractivity (Wildman–Crippen MR) is 295 cm³/mol. The number of hydrogen-bond donors (Lipinski definition) is 0. The van der Waals surface area contributed by atoms with E-state index in [4.69, 9.17) is 6.42 Å². The van der Waals surface area contributed by atoms with E-state index in [1.54, 1.807) is 0 Å². The van der Waals surface area contributed by atoms with E-state index in [2.05, 4.69) is 82.9 Å². The monoisotopic (exact) mass is 965 g/mol. The van der Waals surface area contributed by atoms with Gasteiger partial charge in [0.25, 0.3) is 5.69 Å². The second kappa shape index (κ2) is 47.0. The van der Waals surface area contributed by atoms with Crippen molar-refractivity contribution >= 4 is 16.1 Å². The summed E-state index contributed by atoms with van der Waals surface area (Å²) in [6.45, 7) is 11.4. The fraction of sp³-hybridized carbons (Fsp3) is 0.787. The average Bonchev–Trinajstić information content (AvgIpc) is 3.34. The zero-order chi connectivity index (χ0) is 49.4. The lowest BCUT2D eigenvalue weighted by molar-refractivity contribution is -0.695. The normalized spacial score (nSPS) is 11.4. The van der Waals surface area contributed by atoms with E-state index >= 15 is 0 Å². The van der Waals surface area contributed by atoms with Gasteiger partial charge in [-0.3, -0.25) is 4.18 Å². The van der Waals surface area contributed by atoms with E-state index in [1.807, 2.05) is 0 Å². The summed E-state index contributed by atoms with van der Waals surface area (Å²) in [5, 5.41) is 0. The lowest BCUT2D eigenvalue weighted by Gasteiger charge is -2.25.